The van der Waals surface area contributed by atoms with Crippen LogP contribution in [0.2, 0.25) is 0 Å². The van der Waals surface area contributed by atoms with Crippen LogP contribution in [0.3, 0.4) is 0 Å². The van der Waals surface area contributed by atoms with Gasteiger partial charge in [0.25, 0.3) is 0 Å². The molecular formula is C22H27N5O2. The second-order valence-electron chi connectivity index (χ2n) is 7.79. The summed E-state index contributed by atoms with van der Waals surface area (Å²) in [7, 11) is 0. The van der Waals surface area contributed by atoms with E-state index in [1.54, 1.807) is 0 Å². The molecule has 0 spiro atoms. The monoisotopic (exact) mass is 393 g/mol. The molecule has 1 aromatic heterocycles. The average Bonchev–Trinajstić information content (AvgIpc) is 3.42. The quantitative estimate of drug-likeness (QED) is 0.784. The average molecular weight is 393 g/mol. The Hall–Kier alpha value is -2.96. The van der Waals surface area contributed by atoms with Crippen LogP contribution in [-0.4, -0.2) is 56.8 Å². The fraction of sp³-hybridized carbons (Fsp3) is 0.455. The molecule has 152 valence electrons. The first kappa shape index (κ1) is 19.4. The molecule has 2 aliphatic rings. The van der Waals surface area contributed by atoms with Gasteiger partial charge in [-0.25, -0.2) is 5.01 Å². The molecular weight excluding hydrogens is 366 g/mol. The van der Waals surface area contributed by atoms with Gasteiger partial charge in [0.05, 0.1) is 24.5 Å². The van der Waals surface area contributed by atoms with E-state index in [4.69, 9.17) is 0 Å². The zero-order valence-electron chi connectivity index (χ0n) is 16.8. The smallest absolute Gasteiger partial charge is 0.243 e. The first-order valence-electron chi connectivity index (χ1n) is 10.3. The molecule has 7 nitrogen and oxygen atoms in total. The summed E-state index contributed by atoms with van der Waals surface area (Å²) >= 11 is 0. The lowest BCUT2D eigenvalue weighted by Crippen LogP contribution is -2.39. The molecule has 2 amide bonds. The Labute approximate surface area is 171 Å². The molecule has 29 heavy (non-hydrogen) atoms. The van der Waals surface area contributed by atoms with Gasteiger partial charge in [0, 0.05) is 38.5 Å². The normalized spacial score (nSPS) is 17.5. The maximum Gasteiger partial charge on any atom is 0.243 e. The van der Waals surface area contributed by atoms with Crippen LogP contribution in [0.15, 0.2) is 47.8 Å². The van der Waals surface area contributed by atoms with Gasteiger partial charge in [-0.05, 0) is 30.9 Å². The molecule has 2 aromatic rings. The Morgan fingerprint density at radius 3 is 2.45 bits per heavy atom. The third kappa shape index (κ3) is 4.55. The van der Waals surface area contributed by atoms with Crippen molar-refractivity contribution in [3.63, 3.8) is 0 Å². The molecule has 0 atom stereocenters. The molecule has 1 fully saturated rings. The highest BCUT2D eigenvalue weighted by Gasteiger charge is 2.26. The SMILES string of the molecule is Cc1cnn(C2CCN(C(=O)CCC(=O)N3CCC(c4ccccc4)=N3)CC2)c1. The number of carbonyl (C=O) groups is 2. The summed E-state index contributed by atoms with van der Waals surface area (Å²) in [6.07, 6.45) is 6.94. The molecule has 0 aliphatic carbocycles. The Morgan fingerprint density at radius 1 is 1.03 bits per heavy atom. The Kier molecular flexibility index (Phi) is 5.74. The van der Waals surface area contributed by atoms with Crippen molar-refractivity contribution in [2.75, 3.05) is 19.6 Å². The minimum absolute atomic E-state index is 0.0555. The van der Waals surface area contributed by atoms with Crippen LogP contribution in [0.25, 0.3) is 0 Å². The summed E-state index contributed by atoms with van der Waals surface area (Å²) in [5.41, 5.74) is 3.14. The van der Waals surface area contributed by atoms with E-state index < -0.39 is 0 Å². The molecule has 4 rings (SSSR count). The summed E-state index contributed by atoms with van der Waals surface area (Å²) in [6, 6.07) is 10.3. The summed E-state index contributed by atoms with van der Waals surface area (Å²) in [5, 5.41) is 10.4. The topological polar surface area (TPSA) is 70.8 Å². The highest BCUT2D eigenvalue weighted by molar-refractivity contribution is 6.02. The number of hydrogen-bond donors (Lipinski definition) is 0. The lowest BCUT2D eigenvalue weighted by Gasteiger charge is -2.32. The Balaban J connectivity index is 1.24. The van der Waals surface area contributed by atoms with E-state index in [2.05, 4.69) is 16.4 Å². The zero-order chi connectivity index (χ0) is 20.2. The molecule has 1 saturated heterocycles. The number of nitrogens with zero attached hydrogens (tertiary/aromatic N) is 5. The number of hydrogen-bond acceptors (Lipinski definition) is 4. The van der Waals surface area contributed by atoms with Crippen LogP contribution in [-0.2, 0) is 9.59 Å². The third-order valence-corrected chi connectivity index (χ3v) is 5.67. The van der Waals surface area contributed by atoms with Crippen molar-refractivity contribution < 1.29 is 9.59 Å². The number of aromatic nitrogens is 2. The zero-order valence-corrected chi connectivity index (χ0v) is 16.8. The largest absolute Gasteiger partial charge is 0.343 e. The lowest BCUT2D eigenvalue weighted by molar-refractivity contribution is -0.137. The van der Waals surface area contributed by atoms with Gasteiger partial charge in [0.2, 0.25) is 11.8 Å². The standard InChI is InChI=1S/C22H27N5O2/c1-17-15-23-27(16-17)19-9-12-25(13-10-19)21(28)7-8-22(29)26-14-11-20(24-26)18-5-3-2-4-6-18/h2-6,15-16,19H,7-14H2,1H3. The van der Waals surface area contributed by atoms with Crippen LogP contribution in [0, 0.1) is 6.92 Å². The van der Waals surface area contributed by atoms with Gasteiger partial charge < -0.3 is 4.90 Å². The van der Waals surface area contributed by atoms with Gasteiger partial charge in [-0.3, -0.25) is 14.3 Å². The highest BCUT2D eigenvalue weighted by atomic mass is 16.2. The molecule has 0 N–H and O–H groups in total. The fourth-order valence-corrected chi connectivity index (χ4v) is 3.98. The lowest BCUT2D eigenvalue weighted by atomic mass is 10.0. The molecule has 2 aliphatic heterocycles. The van der Waals surface area contributed by atoms with Gasteiger partial charge >= 0.3 is 0 Å². The van der Waals surface area contributed by atoms with Crippen molar-refractivity contribution in [2.24, 2.45) is 5.10 Å². The van der Waals surface area contributed by atoms with E-state index in [-0.39, 0.29) is 24.7 Å². The van der Waals surface area contributed by atoms with Crippen molar-refractivity contribution in [1.29, 1.82) is 0 Å². The molecule has 1 aromatic carbocycles. The number of piperidine rings is 1. The van der Waals surface area contributed by atoms with E-state index in [0.717, 1.165) is 49.2 Å². The van der Waals surface area contributed by atoms with E-state index in [0.29, 0.717) is 12.6 Å². The van der Waals surface area contributed by atoms with Gasteiger partial charge in [-0.1, -0.05) is 30.3 Å². The van der Waals surface area contributed by atoms with E-state index in [9.17, 15) is 9.59 Å². The number of benzene rings is 1. The van der Waals surface area contributed by atoms with Crippen molar-refractivity contribution in [1.82, 2.24) is 19.7 Å². The minimum Gasteiger partial charge on any atom is -0.343 e. The fourth-order valence-electron chi connectivity index (χ4n) is 3.98. The minimum atomic E-state index is -0.0776. The maximum absolute atomic E-state index is 12.5. The number of amides is 2. The molecule has 3 heterocycles. The van der Waals surface area contributed by atoms with Crippen LogP contribution in [0.4, 0.5) is 0 Å². The summed E-state index contributed by atoms with van der Waals surface area (Å²) < 4.78 is 2.01. The first-order chi connectivity index (χ1) is 14.1. The van der Waals surface area contributed by atoms with Crippen molar-refractivity contribution in [2.45, 2.75) is 45.1 Å². The van der Waals surface area contributed by atoms with E-state index >= 15 is 0 Å². The summed E-state index contributed by atoms with van der Waals surface area (Å²) in [6.45, 7) is 4.06. The Morgan fingerprint density at radius 2 is 1.76 bits per heavy atom. The van der Waals surface area contributed by atoms with Gasteiger partial charge in [-0.15, -0.1) is 0 Å². The summed E-state index contributed by atoms with van der Waals surface area (Å²) in [5.74, 6) is -0.0221. The second kappa shape index (κ2) is 8.59. The predicted octanol–water partition coefficient (Wildman–Crippen LogP) is 2.77. The second-order valence-corrected chi connectivity index (χ2v) is 7.79. The molecule has 7 heteroatoms. The van der Waals surface area contributed by atoms with Crippen molar-refractivity contribution in [3.8, 4) is 0 Å². The predicted molar refractivity (Wildman–Crippen MR) is 110 cm³/mol. The molecule has 0 bridgehead atoms. The summed E-state index contributed by atoms with van der Waals surface area (Å²) in [4.78, 5) is 26.9. The highest BCUT2D eigenvalue weighted by Crippen LogP contribution is 2.23. The van der Waals surface area contributed by atoms with Crippen LogP contribution in [0.5, 0.6) is 0 Å². The van der Waals surface area contributed by atoms with Gasteiger partial charge in [0.15, 0.2) is 0 Å². The number of hydrazone groups is 1. The van der Waals surface area contributed by atoms with Crippen molar-refractivity contribution >= 4 is 17.5 Å². The number of carbonyl (C=O) groups excluding carboxylic acids is 2. The molecule has 0 saturated carbocycles. The number of rotatable bonds is 5. The molecule has 0 radical (unpaired) electrons. The maximum atomic E-state index is 12.5. The van der Waals surface area contributed by atoms with Gasteiger partial charge in [-0.2, -0.15) is 10.2 Å². The van der Waals surface area contributed by atoms with Crippen LogP contribution in [0.1, 0.15) is 49.3 Å². The molecule has 0 unspecified atom stereocenters. The third-order valence-electron chi connectivity index (χ3n) is 5.67. The van der Waals surface area contributed by atoms with E-state index in [1.165, 1.54) is 5.01 Å². The first-order valence-corrected chi connectivity index (χ1v) is 10.3. The number of likely N-dealkylation sites (tertiary alicyclic amines) is 1. The van der Waals surface area contributed by atoms with Crippen LogP contribution >= 0.6 is 0 Å². The van der Waals surface area contributed by atoms with Crippen LogP contribution < -0.4 is 0 Å². The van der Waals surface area contributed by atoms with Crippen molar-refractivity contribution in [3.05, 3.63) is 53.9 Å². The van der Waals surface area contributed by atoms with E-state index in [1.807, 2.05) is 53.0 Å². The Bertz CT molecular complexity index is 897. The number of aryl methyl sites for hydroxylation is 1. The van der Waals surface area contributed by atoms with Gasteiger partial charge in [0.1, 0.15) is 0 Å².